The molecule has 0 unspecified atom stereocenters. The van der Waals surface area contributed by atoms with Crippen LogP contribution in [0.1, 0.15) is 20.8 Å². The predicted molar refractivity (Wildman–Crippen MR) is 107 cm³/mol. The van der Waals surface area contributed by atoms with E-state index in [4.69, 9.17) is 24.2 Å². The summed E-state index contributed by atoms with van der Waals surface area (Å²) in [4.78, 5) is 41.6. The third-order valence-electron chi connectivity index (χ3n) is 4.18. The number of hydrogen-bond acceptors (Lipinski definition) is 7. The number of hydrogen-bond donors (Lipinski definition) is 1. The number of nitrogens with zero attached hydrogens (tertiary/aromatic N) is 3. The minimum absolute atomic E-state index is 0.301. The van der Waals surface area contributed by atoms with E-state index in [1.54, 1.807) is 25.7 Å². The maximum absolute atomic E-state index is 12.5. The van der Waals surface area contributed by atoms with Crippen molar-refractivity contribution < 1.29 is 22.7 Å². The Morgan fingerprint density at radius 2 is 1.37 bits per heavy atom. The van der Waals surface area contributed by atoms with Gasteiger partial charge in [0.25, 0.3) is 0 Å². The summed E-state index contributed by atoms with van der Waals surface area (Å²) >= 11 is 0.735. The molecule has 2 saturated heterocycles. The summed E-state index contributed by atoms with van der Waals surface area (Å²) in [6.45, 7) is 7.41. The van der Waals surface area contributed by atoms with Crippen molar-refractivity contribution in [1.82, 2.24) is 14.7 Å². The molecule has 12 heteroatoms. The van der Waals surface area contributed by atoms with Gasteiger partial charge in [-0.1, -0.05) is 0 Å². The average Bonchev–Trinajstić information content (AvgIpc) is 2.60. The highest BCUT2D eigenvalue weighted by atomic mass is 35.7. The van der Waals surface area contributed by atoms with Crippen LogP contribution in [0.4, 0.5) is 4.79 Å². The van der Waals surface area contributed by atoms with Gasteiger partial charge in [-0.25, -0.2) is 8.42 Å². The summed E-state index contributed by atoms with van der Waals surface area (Å²) in [6, 6.07) is 0. The summed E-state index contributed by atoms with van der Waals surface area (Å²) < 4.78 is 10.6. The first kappa shape index (κ1) is 22.4. The molecule has 0 aliphatic carbocycles. The summed E-state index contributed by atoms with van der Waals surface area (Å²) in [7, 11) is 4.54. The number of ether oxygens (including phenoxy) is 1. The third-order valence-corrected chi connectivity index (χ3v) is 8.45. The number of amides is 3. The van der Waals surface area contributed by atoms with Crippen LogP contribution < -0.4 is 5.14 Å². The predicted octanol–water partition coefficient (Wildman–Crippen LogP) is 1.32. The Hall–Kier alpha value is -0.880. The number of halogens is 1. The fourth-order valence-electron chi connectivity index (χ4n) is 2.74. The van der Waals surface area contributed by atoms with Crippen molar-refractivity contribution >= 4 is 50.3 Å². The van der Waals surface area contributed by atoms with Crippen molar-refractivity contribution in [2.24, 2.45) is 5.14 Å². The van der Waals surface area contributed by atoms with E-state index >= 15 is 0 Å². The largest absolute Gasteiger partial charge is 0.444 e. The molecule has 2 aliphatic heterocycles. The molecule has 0 aromatic rings. The van der Waals surface area contributed by atoms with E-state index in [0.717, 1.165) is 12.2 Å². The maximum atomic E-state index is 12.5. The van der Waals surface area contributed by atoms with Crippen LogP contribution in [0.2, 0.25) is 0 Å². The van der Waals surface area contributed by atoms with Crippen LogP contribution in [-0.2, 0) is 18.0 Å². The van der Waals surface area contributed by atoms with E-state index in [0.29, 0.717) is 50.8 Å². The van der Waals surface area contributed by atoms with E-state index in [1.807, 2.05) is 0 Å². The van der Waals surface area contributed by atoms with Gasteiger partial charge in [-0.2, -0.15) is 0 Å². The van der Waals surface area contributed by atoms with Gasteiger partial charge in [0.05, 0.1) is 12.2 Å². The highest BCUT2D eigenvalue weighted by molar-refractivity contribution is 8.50. The third kappa shape index (κ3) is 6.31. The molecule has 2 N–H and O–H groups in total. The fourth-order valence-corrected chi connectivity index (χ4v) is 5.72. The van der Waals surface area contributed by atoms with E-state index in [2.05, 4.69) is 0 Å². The molecule has 2 fully saturated rings. The van der Waals surface area contributed by atoms with Gasteiger partial charge in [-0.15, -0.1) is 0 Å². The van der Waals surface area contributed by atoms with E-state index < -0.39 is 33.0 Å². The Kier molecular flexibility index (Phi) is 7.54. The molecular weight excluding hydrogens is 416 g/mol. The van der Waals surface area contributed by atoms with Gasteiger partial charge >= 0.3 is 17.9 Å². The van der Waals surface area contributed by atoms with Crippen molar-refractivity contribution in [1.29, 1.82) is 0 Å². The van der Waals surface area contributed by atoms with Gasteiger partial charge < -0.3 is 19.4 Å². The van der Waals surface area contributed by atoms with Crippen LogP contribution in [0.3, 0.4) is 0 Å². The Labute approximate surface area is 170 Å². The molecule has 3 amide bonds. The summed E-state index contributed by atoms with van der Waals surface area (Å²) in [5.74, 6) is -0.141. The minimum Gasteiger partial charge on any atom is -0.444 e. The molecule has 27 heavy (non-hydrogen) atoms. The van der Waals surface area contributed by atoms with E-state index in [1.165, 1.54) is 9.80 Å². The lowest BCUT2D eigenvalue weighted by atomic mass is 10.2. The lowest BCUT2D eigenvalue weighted by Crippen LogP contribution is -2.56. The molecule has 2 aliphatic rings. The topological polar surface area (TPSA) is 105 Å². The summed E-state index contributed by atoms with van der Waals surface area (Å²) in [5.41, 5.74) is -0.569. The Morgan fingerprint density at radius 1 is 0.926 bits per heavy atom. The van der Waals surface area contributed by atoms with Gasteiger partial charge in [0, 0.05) is 50.8 Å². The molecule has 0 aromatic heterocycles. The molecule has 0 saturated carbocycles. The van der Waals surface area contributed by atoms with E-state index in [-0.39, 0.29) is 0 Å². The Morgan fingerprint density at radius 3 is 1.81 bits per heavy atom. The molecular formula is C15H27ClN4O5S2. The zero-order chi connectivity index (χ0) is 20.2. The summed E-state index contributed by atoms with van der Waals surface area (Å²) in [6.07, 6.45) is -0.406. The average molecular weight is 443 g/mol. The first-order valence-corrected chi connectivity index (χ1v) is 12.2. The van der Waals surface area contributed by atoms with Gasteiger partial charge in [0.2, 0.25) is 0 Å². The SMILES string of the molecule is CC(C)(C)OC(=O)N1CCN(C(=O)C(=O)N2CCS(Cl)(OSN)CC2)CC1. The van der Waals surface area contributed by atoms with Crippen LogP contribution in [0.5, 0.6) is 0 Å². The minimum atomic E-state index is -1.81. The van der Waals surface area contributed by atoms with Crippen LogP contribution in [-0.4, -0.2) is 89.0 Å². The molecule has 0 spiro atoms. The Balaban J connectivity index is 1.82. The zero-order valence-electron chi connectivity index (χ0n) is 15.8. The second-order valence-electron chi connectivity index (χ2n) is 7.35. The first-order chi connectivity index (χ1) is 12.5. The van der Waals surface area contributed by atoms with Crippen LogP contribution in [0, 0.1) is 0 Å². The molecule has 0 radical (unpaired) electrons. The molecule has 0 aromatic carbocycles. The number of nitrogens with two attached hydrogens (primary N) is 1. The van der Waals surface area contributed by atoms with Crippen LogP contribution in [0.25, 0.3) is 0 Å². The fraction of sp³-hybridized carbons (Fsp3) is 0.800. The van der Waals surface area contributed by atoms with Crippen molar-refractivity contribution in [3.63, 3.8) is 0 Å². The second kappa shape index (κ2) is 9.08. The van der Waals surface area contributed by atoms with Crippen molar-refractivity contribution in [3.05, 3.63) is 0 Å². The van der Waals surface area contributed by atoms with Gasteiger partial charge in [-0.05, 0) is 41.0 Å². The molecule has 2 heterocycles. The van der Waals surface area contributed by atoms with Crippen molar-refractivity contribution in [3.8, 4) is 0 Å². The van der Waals surface area contributed by atoms with Crippen molar-refractivity contribution in [2.45, 2.75) is 26.4 Å². The highest BCUT2D eigenvalue weighted by Gasteiger charge is 2.36. The second-order valence-corrected chi connectivity index (χ2v) is 12.0. The molecule has 9 nitrogen and oxygen atoms in total. The first-order valence-electron chi connectivity index (χ1n) is 8.64. The van der Waals surface area contributed by atoms with Crippen LogP contribution >= 0.6 is 32.4 Å². The number of carbonyl (C=O) groups excluding carboxylic acids is 3. The van der Waals surface area contributed by atoms with Gasteiger partial charge in [-0.3, -0.25) is 14.7 Å². The Bertz CT molecular complexity index is 573. The highest BCUT2D eigenvalue weighted by Crippen LogP contribution is 2.57. The van der Waals surface area contributed by atoms with Crippen molar-refractivity contribution in [2.75, 3.05) is 50.8 Å². The number of carbonyl (C=O) groups is 3. The number of rotatable bonds is 2. The smallest absolute Gasteiger partial charge is 0.410 e. The summed E-state index contributed by atoms with van der Waals surface area (Å²) in [5, 5.41) is 5.30. The zero-order valence-corrected chi connectivity index (χ0v) is 18.2. The molecule has 0 atom stereocenters. The molecule has 2 rings (SSSR count). The lowest BCUT2D eigenvalue weighted by Gasteiger charge is -2.40. The quantitative estimate of drug-likeness (QED) is 0.390. The standard InChI is InChI=1S/C15H27ClN4O5S2/c1-15(2,3)24-14(23)20-6-4-18(5-7-20)12(21)13(22)19-8-10-27(16,11-9-19)25-26-17/h4-11,17H2,1-3H3. The maximum Gasteiger partial charge on any atom is 0.410 e. The molecule has 0 bridgehead atoms. The van der Waals surface area contributed by atoms with Gasteiger partial charge in [0.15, 0.2) is 0 Å². The number of piperazine rings is 1. The molecule has 156 valence electrons. The lowest BCUT2D eigenvalue weighted by molar-refractivity contribution is -0.152. The monoisotopic (exact) mass is 442 g/mol. The van der Waals surface area contributed by atoms with Crippen LogP contribution in [0.15, 0.2) is 0 Å². The van der Waals surface area contributed by atoms with Gasteiger partial charge in [0.1, 0.15) is 5.60 Å². The normalized spacial score (nSPS) is 21.6. The van der Waals surface area contributed by atoms with E-state index in [9.17, 15) is 14.4 Å².